The van der Waals surface area contributed by atoms with Crippen molar-refractivity contribution >= 4 is 5.91 Å². The maximum Gasteiger partial charge on any atom is 0.220 e. The van der Waals surface area contributed by atoms with Crippen molar-refractivity contribution < 1.29 is 14.3 Å². The Morgan fingerprint density at radius 3 is 2.17 bits per heavy atom. The summed E-state index contributed by atoms with van der Waals surface area (Å²) in [6.07, 6.45) is 0.543. The van der Waals surface area contributed by atoms with Gasteiger partial charge in [-0.15, -0.1) is 0 Å². The van der Waals surface area contributed by atoms with Crippen LogP contribution in [0.2, 0.25) is 0 Å². The van der Waals surface area contributed by atoms with Crippen LogP contribution in [0, 0.1) is 5.92 Å². The normalized spacial score (nSPS) is 10.3. The van der Waals surface area contributed by atoms with Crippen LogP contribution in [0.4, 0.5) is 0 Å². The van der Waals surface area contributed by atoms with Crippen LogP contribution in [-0.2, 0) is 11.3 Å². The lowest BCUT2D eigenvalue weighted by Crippen LogP contribution is -2.23. The second kappa shape index (κ2) is 6.89. The smallest absolute Gasteiger partial charge is 0.220 e. The Labute approximate surface area is 108 Å². The molecule has 4 heteroatoms. The lowest BCUT2D eigenvalue weighted by Gasteiger charge is -2.10. The van der Waals surface area contributed by atoms with Crippen molar-refractivity contribution in [3.8, 4) is 11.5 Å². The number of benzene rings is 1. The largest absolute Gasteiger partial charge is 0.497 e. The molecule has 1 aromatic carbocycles. The molecule has 0 aliphatic rings. The van der Waals surface area contributed by atoms with Gasteiger partial charge in [-0.05, 0) is 23.6 Å². The van der Waals surface area contributed by atoms with Crippen LogP contribution >= 0.6 is 0 Å². The Morgan fingerprint density at radius 2 is 1.72 bits per heavy atom. The number of rotatable bonds is 6. The van der Waals surface area contributed by atoms with Crippen molar-refractivity contribution in [2.75, 3.05) is 14.2 Å². The van der Waals surface area contributed by atoms with Crippen molar-refractivity contribution in [3.63, 3.8) is 0 Å². The molecule has 0 unspecified atom stereocenters. The van der Waals surface area contributed by atoms with Crippen LogP contribution in [0.3, 0.4) is 0 Å². The molecule has 1 rings (SSSR count). The van der Waals surface area contributed by atoms with E-state index >= 15 is 0 Å². The van der Waals surface area contributed by atoms with E-state index in [1.165, 1.54) is 0 Å². The number of hydrogen-bond donors (Lipinski definition) is 1. The maximum atomic E-state index is 11.6. The molecule has 0 saturated heterocycles. The molecule has 1 amide bonds. The van der Waals surface area contributed by atoms with Crippen molar-refractivity contribution in [2.45, 2.75) is 26.8 Å². The van der Waals surface area contributed by atoms with E-state index < -0.39 is 0 Å². The van der Waals surface area contributed by atoms with Gasteiger partial charge < -0.3 is 14.8 Å². The van der Waals surface area contributed by atoms with Crippen LogP contribution in [0.1, 0.15) is 25.8 Å². The first-order valence-corrected chi connectivity index (χ1v) is 6.03. The van der Waals surface area contributed by atoms with E-state index in [1.54, 1.807) is 20.3 Å². The monoisotopic (exact) mass is 251 g/mol. The third-order valence-corrected chi connectivity index (χ3v) is 2.49. The molecule has 0 atom stereocenters. The molecule has 100 valence electrons. The summed E-state index contributed by atoms with van der Waals surface area (Å²) >= 11 is 0. The van der Waals surface area contributed by atoms with E-state index in [0.29, 0.717) is 18.9 Å². The van der Waals surface area contributed by atoms with Gasteiger partial charge in [0, 0.05) is 19.0 Å². The maximum absolute atomic E-state index is 11.6. The number of ether oxygens (including phenoxy) is 2. The topological polar surface area (TPSA) is 47.6 Å². The van der Waals surface area contributed by atoms with E-state index in [1.807, 2.05) is 26.0 Å². The van der Waals surface area contributed by atoms with Crippen LogP contribution in [0.5, 0.6) is 11.5 Å². The summed E-state index contributed by atoms with van der Waals surface area (Å²) in [4.78, 5) is 11.6. The number of nitrogens with one attached hydrogen (secondary N) is 1. The zero-order chi connectivity index (χ0) is 13.5. The molecule has 0 bridgehead atoms. The Morgan fingerprint density at radius 1 is 1.17 bits per heavy atom. The number of methoxy groups -OCH3 is 2. The summed E-state index contributed by atoms with van der Waals surface area (Å²) < 4.78 is 10.4. The first-order valence-electron chi connectivity index (χ1n) is 6.03. The Balaban J connectivity index is 2.63. The summed E-state index contributed by atoms with van der Waals surface area (Å²) in [6.45, 7) is 4.53. The molecule has 1 N–H and O–H groups in total. The van der Waals surface area contributed by atoms with Gasteiger partial charge in [0.2, 0.25) is 5.91 Å². The van der Waals surface area contributed by atoms with Crippen LogP contribution in [0.15, 0.2) is 18.2 Å². The fourth-order valence-electron chi connectivity index (χ4n) is 1.61. The molecule has 0 fully saturated rings. The number of carbonyl (C=O) groups excluding carboxylic acids is 1. The van der Waals surface area contributed by atoms with Gasteiger partial charge >= 0.3 is 0 Å². The average Bonchev–Trinajstić information content (AvgIpc) is 2.35. The van der Waals surface area contributed by atoms with Gasteiger partial charge in [0.15, 0.2) is 0 Å². The molecule has 18 heavy (non-hydrogen) atoms. The highest BCUT2D eigenvalue weighted by molar-refractivity contribution is 5.76. The van der Waals surface area contributed by atoms with E-state index in [-0.39, 0.29) is 5.91 Å². The predicted molar refractivity (Wildman–Crippen MR) is 70.8 cm³/mol. The molecule has 0 saturated carbocycles. The molecule has 0 radical (unpaired) electrons. The third-order valence-electron chi connectivity index (χ3n) is 2.49. The lowest BCUT2D eigenvalue weighted by atomic mass is 10.1. The fourth-order valence-corrected chi connectivity index (χ4v) is 1.61. The van der Waals surface area contributed by atoms with Crippen LogP contribution in [-0.4, -0.2) is 20.1 Å². The molecule has 0 aliphatic carbocycles. The Hall–Kier alpha value is -1.71. The van der Waals surface area contributed by atoms with E-state index in [0.717, 1.165) is 17.1 Å². The number of hydrogen-bond acceptors (Lipinski definition) is 3. The van der Waals surface area contributed by atoms with Gasteiger partial charge in [-0.25, -0.2) is 0 Å². The van der Waals surface area contributed by atoms with Gasteiger partial charge in [-0.3, -0.25) is 4.79 Å². The van der Waals surface area contributed by atoms with Gasteiger partial charge in [0.1, 0.15) is 11.5 Å². The first kappa shape index (κ1) is 14.4. The standard InChI is InChI=1S/C14H21NO3/c1-10(2)5-14(16)15-9-11-6-12(17-3)8-13(7-11)18-4/h6-8,10H,5,9H2,1-4H3,(H,15,16). The average molecular weight is 251 g/mol. The minimum atomic E-state index is 0.0618. The Bertz CT molecular complexity index is 380. The summed E-state index contributed by atoms with van der Waals surface area (Å²) in [6, 6.07) is 5.58. The zero-order valence-electron chi connectivity index (χ0n) is 11.4. The molecule has 4 nitrogen and oxygen atoms in total. The lowest BCUT2D eigenvalue weighted by molar-refractivity contribution is -0.121. The van der Waals surface area contributed by atoms with E-state index in [2.05, 4.69) is 5.32 Å². The molecule has 0 aliphatic heterocycles. The molecular formula is C14H21NO3. The van der Waals surface area contributed by atoms with E-state index in [9.17, 15) is 4.79 Å². The van der Waals surface area contributed by atoms with E-state index in [4.69, 9.17) is 9.47 Å². The number of amides is 1. The highest BCUT2D eigenvalue weighted by Gasteiger charge is 2.06. The van der Waals surface area contributed by atoms with Gasteiger partial charge in [0.25, 0.3) is 0 Å². The highest BCUT2D eigenvalue weighted by Crippen LogP contribution is 2.22. The molecule has 1 aromatic rings. The molecule has 0 aromatic heterocycles. The highest BCUT2D eigenvalue weighted by atomic mass is 16.5. The van der Waals surface area contributed by atoms with Crippen molar-refractivity contribution in [1.82, 2.24) is 5.32 Å². The summed E-state index contributed by atoms with van der Waals surface area (Å²) in [5.74, 6) is 1.88. The minimum absolute atomic E-state index is 0.0618. The second-order valence-electron chi connectivity index (χ2n) is 4.60. The van der Waals surface area contributed by atoms with Gasteiger partial charge in [0.05, 0.1) is 14.2 Å². The van der Waals surface area contributed by atoms with Crippen molar-refractivity contribution in [1.29, 1.82) is 0 Å². The number of carbonyl (C=O) groups is 1. The predicted octanol–water partition coefficient (Wildman–Crippen LogP) is 2.37. The van der Waals surface area contributed by atoms with Crippen molar-refractivity contribution in [3.05, 3.63) is 23.8 Å². The minimum Gasteiger partial charge on any atom is -0.497 e. The summed E-state index contributed by atoms with van der Waals surface area (Å²) in [5.41, 5.74) is 0.961. The van der Waals surface area contributed by atoms with Gasteiger partial charge in [-0.2, -0.15) is 0 Å². The Kier molecular flexibility index (Phi) is 5.49. The third kappa shape index (κ3) is 4.65. The second-order valence-corrected chi connectivity index (χ2v) is 4.60. The van der Waals surface area contributed by atoms with Crippen LogP contribution < -0.4 is 14.8 Å². The molecule has 0 heterocycles. The molecular weight excluding hydrogens is 230 g/mol. The van der Waals surface area contributed by atoms with Crippen molar-refractivity contribution in [2.24, 2.45) is 5.92 Å². The quantitative estimate of drug-likeness (QED) is 0.844. The SMILES string of the molecule is COc1cc(CNC(=O)CC(C)C)cc(OC)c1. The summed E-state index contributed by atoms with van der Waals surface area (Å²) in [7, 11) is 3.21. The fraction of sp³-hybridized carbons (Fsp3) is 0.500. The summed E-state index contributed by atoms with van der Waals surface area (Å²) in [5, 5.41) is 2.88. The van der Waals surface area contributed by atoms with Crippen LogP contribution in [0.25, 0.3) is 0 Å². The zero-order valence-corrected chi connectivity index (χ0v) is 11.4. The van der Waals surface area contributed by atoms with Gasteiger partial charge in [-0.1, -0.05) is 13.8 Å². The first-order chi connectivity index (χ1) is 8.55. The molecule has 0 spiro atoms.